The first kappa shape index (κ1) is 27.1. The molecular formula is C28H33N3O4S. The molecular weight excluding hydrogens is 474 g/mol. The van der Waals surface area contributed by atoms with Crippen molar-refractivity contribution in [2.24, 2.45) is 5.10 Å². The number of hydrogen-bond donors (Lipinski definition) is 1. The van der Waals surface area contributed by atoms with E-state index in [4.69, 9.17) is 4.74 Å². The Hall–Kier alpha value is -3.49. The molecule has 0 radical (unpaired) electrons. The number of hydrogen-bond acceptors (Lipinski definition) is 5. The number of ether oxygens (including phenoxy) is 1. The predicted molar refractivity (Wildman–Crippen MR) is 143 cm³/mol. The summed E-state index contributed by atoms with van der Waals surface area (Å²) < 4.78 is 34.4. The number of carbonyl (C=O) groups is 1. The first-order chi connectivity index (χ1) is 17.1. The summed E-state index contributed by atoms with van der Waals surface area (Å²) in [4.78, 5) is 13.1. The van der Waals surface area contributed by atoms with E-state index >= 15 is 0 Å². The highest BCUT2D eigenvalue weighted by molar-refractivity contribution is 7.89. The number of rotatable bonds is 10. The van der Waals surface area contributed by atoms with Gasteiger partial charge in [0.1, 0.15) is 5.75 Å². The molecule has 0 atom stereocenters. The average molecular weight is 508 g/mol. The smallest absolute Gasteiger partial charge is 0.255 e. The molecule has 0 aromatic heterocycles. The molecule has 0 aliphatic rings. The van der Waals surface area contributed by atoms with Gasteiger partial charge in [-0.15, -0.1) is 0 Å². The lowest BCUT2D eigenvalue weighted by Gasteiger charge is -2.24. The van der Waals surface area contributed by atoms with Crippen molar-refractivity contribution in [3.63, 3.8) is 0 Å². The summed E-state index contributed by atoms with van der Waals surface area (Å²) in [6.45, 7) is 9.50. The van der Waals surface area contributed by atoms with Crippen molar-refractivity contribution in [2.45, 2.75) is 46.1 Å². The fourth-order valence-electron chi connectivity index (χ4n) is 4.07. The minimum Gasteiger partial charge on any atom is -0.493 e. The molecule has 8 heteroatoms. The zero-order valence-electron chi connectivity index (χ0n) is 21.4. The summed E-state index contributed by atoms with van der Waals surface area (Å²) in [5, 5.41) is 4.03. The van der Waals surface area contributed by atoms with Crippen LogP contribution in [0.4, 0.5) is 0 Å². The van der Waals surface area contributed by atoms with Crippen LogP contribution in [0.3, 0.4) is 0 Å². The van der Waals surface area contributed by atoms with Gasteiger partial charge in [-0.05, 0) is 63.4 Å². The van der Waals surface area contributed by atoms with Gasteiger partial charge in [0.15, 0.2) is 0 Å². The maximum absolute atomic E-state index is 13.8. The fourth-order valence-corrected chi connectivity index (χ4v) is 5.87. The number of sulfonamides is 1. The highest BCUT2D eigenvalue weighted by atomic mass is 32.2. The van der Waals surface area contributed by atoms with Crippen LogP contribution in [0, 0.1) is 27.7 Å². The van der Waals surface area contributed by atoms with E-state index in [9.17, 15) is 13.2 Å². The van der Waals surface area contributed by atoms with E-state index in [-0.39, 0.29) is 18.0 Å². The van der Waals surface area contributed by atoms with Gasteiger partial charge in [0.2, 0.25) is 10.0 Å². The van der Waals surface area contributed by atoms with Gasteiger partial charge in [0, 0.05) is 12.1 Å². The predicted octanol–water partition coefficient (Wildman–Crippen LogP) is 4.66. The molecule has 3 rings (SSSR count). The fraction of sp³-hybridized carbons (Fsp3) is 0.286. The molecule has 3 aromatic carbocycles. The van der Waals surface area contributed by atoms with Crippen LogP contribution in [0.15, 0.2) is 70.7 Å². The highest BCUT2D eigenvalue weighted by Gasteiger charge is 2.30. The molecule has 0 bridgehead atoms. The first-order valence-electron chi connectivity index (χ1n) is 11.8. The highest BCUT2D eigenvalue weighted by Crippen LogP contribution is 2.26. The van der Waals surface area contributed by atoms with Crippen LogP contribution < -0.4 is 10.2 Å². The molecule has 7 nitrogen and oxygen atoms in total. The van der Waals surface area contributed by atoms with Crippen molar-refractivity contribution in [1.82, 2.24) is 9.73 Å². The van der Waals surface area contributed by atoms with Gasteiger partial charge in [-0.2, -0.15) is 9.41 Å². The van der Waals surface area contributed by atoms with Gasteiger partial charge in [-0.3, -0.25) is 4.79 Å². The van der Waals surface area contributed by atoms with Gasteiger partial charge in [0.25, 0.3) is 5.91 Å². The molecule has 1 amide bonds. The average Bonchev–Trinajstić information content (AvgIpc) is 2.80. The Labute approximate surface area is 213 Å². The Kier molecular flexibility index (Phi) is 9.01. The second kappa shape index (κ2) is 12.0. The van der Waals surface area contributed by atoms with Crippen molar-refractivity contribution < 1.29 is 17.9 Å². The normalized spacial score (nSPS) is 11.7. The number of nitrogens with one attached hydrogen (secondary N) is 1. The SMILES string of the molecule is CCOc1ccccc1/C=N/NC(=O)CN(Cc1ccc(C)cc1)S(=O)(=O)c1c(C)cc(C)cc1C. The zero-order valence-corrected chi connectivity index (χ0v) is 22.2. The number of para-hydroxylation sites is 1. The summed E-state index contributed by atoms with van der Waals surface area (Å²) in [6, 6.07) is 18.6. The summed E-state index contributed by atoms with van der Waals surface area (Å²) in [6.07, 6.45) is 1.48. The van der Waals surface area contributed by atoms with Crippen LogP contribution >= 0.6 is 0 Å². The van der Waals surface area contributed by atoms with E-state index in [0.717, 1.165) is 16.7 Å². The van der Waals surface area contributed by atoms with Crippen LogP contribution in [0.2, 0.25) is 0 Å². The number of benzene rings is 3. The van der Waals surface area contributed by atoms with Gasteiger partial charge in [0.05, 0.1) is 24.3 Å². The lowest BCUT2D eigenvalue weighted by atomic mass is 10.1. The van der Waals surface area contributed by atoms with Crippen molar-refractivity contribution in [2.75, 3.05) is 13.2 Å². The van der Waals surface area contributed by atoms with E-state index in [0.29, 0.717) is 29.0 Å². The molecule has 0 fully saturated rings. The maximum atomic E-state index is 13.8. The van der Waals surface area contributed by atoms with Gasteiger partial charge in [-0.1, -0.05) is 59.7 Å². The van der Waals surface area contributed by atoms with Crippen LogP contribution in [0.25, 0.3) is 0 Å². The Morgan fingerprint density at radius 1 is 0.972 bits per heavy atom. The molecule has 190 valence electrons. The third kappa shape index (κ3) is 6.80. The quantitative estimate of drug-likeness (QED) is 0.319. The summed E-state index contributed by atoms with van der Waals surface area (Å²) in [5.41, 5.74) is 7.28. The van der Waals surface area contributed by atoms with Crippen molar-refractivity contribution in [3.05, 3.63) is 94.0 Å². The third-order valence-electron chi connectivity index (χ3n) is 5.61. The second-order valence-corrected chi connectivity index (χ2v) is 10.6. The molecule has 0 heterocycles. The van der Waals surface area contributed by atoms with E-state index in [1.165, 1.54) is 10.5 Å². The zero-order chi connectivity index (χ0) is 26.3. The minimum absolute atomic E-state index is 0.0552. The van der Waals surface area contributed by atoms with Crippen molar-refractivity contribution in [1.29, 1.82) is 0 Å². The number of amides is 1. The first-order valence-corrected chi connectivity index (χ1v) is 13.2. The van der Waals surface area contributed by atoms with Crippen LogP contribution in [0.1, 0.15) is 40.3 Å². The van der Waals surface area contributed by atoms with Crippen molar-refractivity contribution in [3.8, 4) is 5.75 Å². The molecule has 0 aliphatic heterocycles. The molecule has 1 N–H and O–H groups in total. The second-order valence-electron chi connectivity index (χ2n) is 8.75. The lowest BCUT2D eigenvalue weighted by molar-refractivity contribution is -0.121. The number of carbonyl (C=O) groups excluding carboxylic acids is 1. The third-order valence-corrected chi connectivity index (χ3v) is 7.71. The van der Waals surface area contributed by atoms with E-state index < -0.39 is 15.9 Å². The van der Waals surface area contributed by atoms with Crippen LogP contribution in [-0.4, -0.2) is 38.0 Å². The molecule has 36 heavy (non-hydrogen) atoms. The summed E-state index contributed by atoms with van der Waals surface area (Å²) >= 11 is 0. The Bertz CT molecular complexity index is 1330. The lowest BCUT2D eigenvalue weighted by Crippen LogP contribution is -2.39. The largest absolute Gasteiger partial charge is 0.493 e. The van der Waals surface area contributed by atoms with E-state index in [2.05, 4.69) is 10.5 Å². The topological polar surface area (TPSA) is 88.1 Å². The molecule has 3 aromatic rings. The Balaban J connectivity index is 1.86. The number of aryl methyl sites for hydroxylation is 4. The van der Waals surface area contributed by atoms with Crippen molar-refractivity contribution >= 4 is 22.1 Å². The van der Waals surface area contributed by atoms with Crippen LogP contribution in [0.5, 0.6) is 5.75 Å². The Morgan fingerprint density at radius 2 is 1.61 bits per heavy atom. The molecule has 0 saturated heterocycles. The summed E-state index contributed by atoms with van der Waals surface area (Å²) in [7, 11) is -3.97. The molecule has 0 unspecified atom stereocenters. The van der Waals surface area contributed by atoms with Gasteiger partial charge >= 0.3 is 0 Å². The molecule has 0 aliphatic carbocycles. The monoisotopic (exact) mass is 507 g/mol. The van der Waals surface area contributed by atoms with Crippen LogP contribution in [-0.2, 0) is 21.4 Å². The maximum Gasteiger partial charge on any atom is 0.255 e. The van der Waals surface area contributed by atoms with E-state index in [1.807, 2.05) is 81.4 Å². The van der Waals surface area contributed by atoms with Gasteiger partial charge in [-0.25, -0.2) is 13.8 Å². The van der Waals surface area contributed by atoms with Gasteiger partial charge < -0.3 is 4.74 Å². The number of nitrogens with zero attached hydrogens (tertiary/aromatic N) is 2. The van der Waals surface area contributed by atoms with E-state index in [1.54, 1.807) is 13.8 Å². The Morgan fingerprint density at radius 3 is 2.25 bits per heavy atom. The summed E-state index contributed by atoms with van der Waals surface area (Å²) in [5.74, 6) is 0.102. The minimum atomic E-state index is -3.97. The molecule has 0 saturated carbocycles. The standard InChI is InChI=1S/C28H33N3O4S/c1-6-35-26-10-8-7-9-25(26)17-29-30-27(32)19-31(18-24-13-11-20(2)12-14-24)36(33,34)28-22(4)15-21(3)16-23(28)5/h7-17H,6,18-19H2,1-5H3,(H,30,32)/b29-17+. The molecule has 0 spiro atoms. The number of hydrazone groups is 1.